The Kier molecular flexibility index (Phi) is 4.94. The molecule has 0 aliphatic heterocycles. The summed E-state index contributed by atoms with van der Waals surface area (Å²) in [6.45, 7) is 2.27. The van der Waals surface area contributed by atoms with Crippen LogP contribution in [0.2, 0.25) is 10.0 Å². The second-order valence-electron chi connectivity index (χ2n) is 7.03. The summed E-state index contributed by atoms with van der Waals surface area (Å²) in [7, 11) is 0. The van der Waals surface area contributed by atoms with Crippen LogP contribution in [-0.4, -0.2) is 17.1 Å². The smallest absolute Gasteiger partial charge is 0.271 e. The largest absolute Gasteiger partial charge is 0.358 e. The standard InChI is InChI=1S/C21H19Cl2N3O/c1-12-5-7-18-15(9-12)16-10-13(6-8-19(16)25-18)21(27)26-24-11-14-3-2-4-17(22)20(14)23/h2-4,6,8,10-12,25H,5,7,9H2,1H3,(H,26,27)/b24-11-. The van der Waals surface area contributed by atoms with Crippen LogP contribution >= 0.6 is 23.2 Å². The summed E-state index contributed by atoms with van der Waals surface area (Å²) in [5, 5.41) is 6.00. The van der Waals surface area contributed by atoms with Gasteiger partial charge in [-0.05, 0) is 55.0 Å². The van der Waals surface area contributed by atoms with Crippen LogP contribution in [-0.2, 0) is 12.8 Å². The molecular weight excluding hydrogens is 381 g/mol. The fourth-order valence-corrected chi connectivity index (χ4v) is 3.93. The molecule has 1 unspecified atom stereocenters. The Morgan fingerprint density at radius 1 is 1.30 bits per heavy atom. The van der Waals surface area contributed by atoms with E-state index in [2.05, 4.69) is 22.4 Å². The third-order valence-electron chi connectivity index (χ3n) is 5.05. The normalized spacial score (nSPS) is 16.6. The maximum absolute atomic E-state index is 12.5. The molecule has 138 valence electrons. The summed E-state index contributed by atoms with van der Waals surface area (Å²) >= 11 is 12.1. The SMILES string of the molecule is CC1CCc2[nH]c3ccc(C(=O)N/N=C\c4cccc(Cl)c4Cl)cc3c2C1. The van der Waals surface area contributed by atoms with Crippen LogP contribution in [0, 0.1) is 5.92 Å². The van der Waals surface area contributed by atoms with Crippen LogP contribution in [0.1, 0.15) is 40.5 Å². The second-order valence-corrected chi connectivity index (χ2v) is 7.82. The van der Waals surface area contributed by atoms with Crippen molar-refractivity contribution < 1.29 is 4.79 Å². The molecule has 1 atom stereocenters. The van der Waals surface area contributed by atoms with Crippen LogP contribution in [0.15, 0.2) is 41.5 Å². The Hall–Kier alpha value is -2.30. The van der Waals surface area contributed by atoms with E-state index in [1.807, 2.05) is 18.2 Å². The average Bonchev–Trinajstić information content (AvgIpc) is 3.02. The Labute approximate surface area is 167 Å². The van der Waals surface area contributed by atoms with Crippen molar-refractivity contribution in [3.63, 3.8) is 0 Å². The van der Waals surface area contributed by atoms with Gasteiger partial charge in [0, 0.05) is 27.7 Å². The van der Waals surface area contributed by atoms with Crippen LogP contribution in [0.5, 0.6) is 0 Å². The molecule has 0 fully saturated rings. The molecule has 0 saturated carbocycles. The van der Waals surface area contributed by atoms with Crippen LogP contribution in [0.25, 0.3) is 10.9 Å². The molecule has 0 spiro atoms. The van der Waals surface area contributed by atoms with E-state index in [-0.39, 0.29) is 5.91 Å². The first-order valence-corrected chi connectivity index (χ1v) is 9.69. The molecule has 1 aliphatic rings. The van der Waals surface area contributed by atoms with Crippen LogP contribution in [0.4, 0.5) is 0 Å². The van der Waals surface area contributed by atoms with Gasteiger partial charge in [-0.25, -0.2) is 5.43 Å². The lowest BCUT2D eigenvalue weighted by Crippen LogP contribution is -2.17. The molecular formula is C21H19Cl2N3O. The molecule has 0 radical (unpaired) electrons. The van der Waals surface area contributed by atoms with E-state index < -0.39 is 0 Å². The van der Waals surface area contributed by atoms with Gasteiger partial charge in [0.15, 0.2) is 0 Å². The molecule has 2 N–H and O–H groups in total. The summed E-state index contributed by atoms with van der Waals surface area (Å²) in [6.07, 6.45) is 4.81. The third kappa shape index (κ3) is 3.60. The van der Waals surface area contributed by atoms with Gasteiger partial charge in [-0.15, -0.1) is 0 Å². The van der Waals surface area contributed by atoms with Gasteiger partial charge in [0.2, 0.25) is 0 Å². The lowest BCUT2D eigenvalue weighted by Gasteiger charge is -2.18. The Morgan fingerprint density at radius 2 is 2.15 bits per heavy atom. The van der Waals surface area contributed by atoms with Gasteiger partial charge in [0.1, 0.15) is 0 Å². The van der Waals surface area contributed by atoms with Crippen molar-refractivity contribution in [2.24, 2.45) is 11.0 Å². The third-order valence-corrected chi connectivity index (χ3v) is 5.88. The molecule has 1 aliphatic carbocycles. The predicted molar refractivity (Wildman–Crippen MR) is 111 cm³/mol. The number of carbonyl (C=O) groups excluding carboxylic acids is 1. The number of hydrogen-bond donors (Lipinski definition) is 2. The Balaban J connectivity index is 1.55. The van der Waals surface area contributed by atoms with Crippen LogP contribution in [0.3, 0.4) is 0 Å². The Morgan fingerprint density at radius 3 is 3.00 bits per heavy atom. The molecule has 4 nitrogen and oxygen atoms in total. The number of halogens is 2. The van der Waals surface area contributed by atoms with Gasteiger partial charge in [0.05, 0.1) is 16.3 Å². The van der Waals surface area contributed by atoms with Crippen molar-refractivity contribution in [2.75, 3.05) is 0 Å². The summed E-state index contributed by atoms with van der Waals surface area (Å²) < 4.78 is 0. The van der Waals surface area contributed by atoms with Gasteiger partial charge < -0.3 is 4.98 Å². The zero-order valence-electron chi connectivity index (χ0n) is 14.9. The molecule has 0 saturated heterocycles. The van der Waals surface area contributed by atoms with E-state index in [1.54, 1.807) is 18.2 Å². The van der Waals surface area contributed by atoms with E-state index >= 15 is 0 Å². The first kappa shape index (κ1) is 18.1. The molecule has 0 bridgehead atoms. The quantitative estimate of drug-likeness (QED) is 0.451. The number of nitrogens with zero attached hydrogens (tertiary/aromatic N) is 1. The minimum absolute atomic E-state index is 0.259. The van der Waals surface area contributed by atoms with E-state index in [0.29, 0.717) is 27.1 Å². The highest BCUT2D eigenvalue weighted by Crippen LogP contribution is 2.32. The number of amides is 1. The fourth-order valence-electron chi connectivity index (χ4n) is 3.58. The highest BCUT2D eigenvalue weighted by molar-refractivity contribution is 6.43. The van der Waals surface area contributed by atoms with Crippen molar-refractivity contribution in [3.05, 3.63) is 68.8 Å². The molecule has 1 heterocycles. The zero-order chi connectivity index (χ0) is 19.0. The van der Waals surface area contributed by atoms with Crippen molar-refractivity contribution in [2.45, 2.75) is 26.2 Å². The van der Waals surface area contributed by atoms with Gasteiger partial charge in [-0.3, -0.25) is 4.79 Å². The molecule has 2 aromatic carbocycles. The molecule has 1 aromatic heterocycles. The van der Waals surface area contributed by atoms with E-state index in [1.165, 1.54) is 23.9 Å². The Bertz CT molecular complexity index is 1060. The number of aromatic nitrogens is 1. The summed E-state index contributed by atoms with van der Waals surface area (Å²) in [5.41, 5.74) is 7.51. The topological polar surface area (TPSA) is 57.2 Å². The first-order valence-electron chi connectivity index (χ1n) is 8.94. The maximum Gasteiger partial charge on any atom is 0.271 e. The number of rotatable bonds is 3. The minimum Gasteiger partial charge on any atom is -0.358 e. The summed E-state index contributed by atoms with van der Waals surface area (Å²) in [6, 6.07) is 11.0. The number of fused-ring (bicyclic) bond motifs is 3. The number of H-pyrrole nitrogens is 1. The van der Waals surface area contributed by atoms with E-state index in [4.69, 9.17) is 23.2 Å². The monoisotopic (exact) mass is 399 g/mol. The molecule has 4 rings (SSSR count). The average molecular weight is 400 g/mol. The number of hydrogen-bond acceptors (Lipinski definition) is 2. The molecule has 6 heteroatoms. The van der Waals surface area contributed by atoms with Crippen molar-refractivity contribution in [1.82, 2.24) is 10.4 Å². The lowest BCUT2D eigenvalue weighted by atomic mass is 9.87. The predicted octanol–water partition coefficient (Wildman–Crippen LogP) is 5.36. The zero-order valence-corrected chi connectivity index (χ0v) is 16.4. The number of benzene rings is 2. The van der Waals surface area contributed by atoms with Crippen molar-refractivity contribution in [1.29, 1.82) is 0 Å². The van der Waals surface area contributed by atoms with Gasteiger partial charge in [0.25, 0.3) is 5.91 Å². The molecule has 27 heavy (non-hydrogen) atoms. The minimum atomic E-state index is -0.259. The first-order chi connectivity index (χ1) is 13.0. The number of aromatic amines is 1. The van der Waals surface area contributed by atoms with Crippen LogP contribution < -0.4 is 5.43 Å². The number of aryl methyl sites for hydroxylation is 1. The molecule has 3 aromatic rings. The number of hydrazone groups is 1. The highest BCUT2D eigenvalue weighted by atomic mass is 35.5. The van der Waals surface area contributed by atoms with E-state index in [0.717, 1.165) is 23.7 Å². The van der Waals surface area contributed by atoms with Crippen molar-refractivity contribution in [3.8, 4) is 0 Å². The van der Waals surface area contributed by atoms with Gasteiger partial charge in [-0.1, -0.05) is 42.3 Å². The van der Waals surface area contributed by atoms with Gasteiger partial charge in [-0.2, -0.15) is 5.10 Å². The number of nitrogens with one attached hydrogen (secondary N) is 2. The lowest BCUT2D eigenvalue weighted by molar-refractivity contribution is 0.0955. The summed E-state index contributed by atoms with van der Waals surface area (Å²) in [4.78, 5) is 16.0. The highest BCUT2D eigenvalue weighted by Gasteiger charge is 2.20. The maximum atomic E-state index is 12.5. The van der Waals surface area contributed by atoms with Gasteiger partial charge >= 0.3 is 0 Å². The second kappa shape index (κ2) is 7.37. The van der Waals surface area contributed by atoms with Crippen molar-refractivity contribution >= 4 is 46.2 Å². The number of carbonyl (C=O) groups is 1. The summed E-state index contributed by atoms with van der Waals surface area (Å²) in [5.74, 6) is 0.408. The van der Waals surface area contributed by atoms with E-state index in [9.17, 15) is 4.79 Å². The fraction of sp³-hybridized carbons (Fsp3) is 0.238. The molecule has 1 amide bonds.